The van der Waals surface area contributed by atoms with Gasteiger partial charge >= 0.3 is 0 Å². The SMILES string of the molecule is COc1ccc(CC(=O)C2C3CC2CN(C(C)C)C3)cn1. The third kappa shape index (κ3) is 2.82. The molecule has 0 aromatic carbocycles. The van der Waals surface area contributed by atoms with E-state index in [1.165, 1.54) is 6.42 Å². The van der Waals surface area contributed by atoms with E-state index < -0.39 is 0 Å². The molecule has 1 saturated carbocycles. The van der Waals surface area contributed by atoms with Crippen molar-refractivity contribution < 1.29 is 9.53 Å². The second-order valence-corrected chi connectivity index (χ2v) is 6.68. The zero-order valence-corrected chi connectivity index (χ0v) is 13.1. The van der Waals surface area contributed by atoms with E-state index in [1.54, 1.807) is 13.3 Å². The van der Waals surface area contributed by atoms with Crippen molar-refractivity contribution in [1.82, 2.24) is 9.88 Å². The molecule has 3 rings (SSSR count). The Morgan fingerprint density at radius 1 is 1.38 bits per heavy atom. The third-order valence-corrected chi connectivity index (χ3v) is 5.05. The summed E-state index contributed by atoms with van der Waals surface area (Å²) in [5.74, 6) is 2.42. The number of piperidine rings is 2. The van der Waals surface area contributed by atoms with Crippen LogP contribution in [0.25, 0.3) is 0 Å². The largest absolute Gasteiger partial charge is 0.481 e. The fraction of sp³-hybridized carbons (Fsp3) is 0.647. The van der Waals surface area contributed by atoms with Crippen LogP contribution in [0.4, 0.5) is 0 Å². The number of Topliss-reactive ketones (excluding diaryl/α,β-unsaturated/α-hetero) is 1. The molecular formula is C17H24N2O2. The van der Waals surface area contributed by atoms with E-state index >= 15 is 0 Å². The van der Waals surface area contributed by atoms with Crippen LogP contribution in [0.1, 0.15) is 25.8 Å². The molecule has 0 radical (unpaired) electrons. The highest BCUT2D eigenvalue weighted by molar-refractivity contribution is 5.84. The minimum atomic E-state index is 0.280. The van der Waals surface area contributed by atoms with Crippen molar-refractivity contribution in [3.8, 4) is 5.88 Å². The first-order valence-corrected chi connectivity index (χ1v) is 7.84. The van der Waals surface area contributed by atoms with Crippen molar-refractivity contribution in [1.29, 1.82) is 0 Å². The van der Waals surface area contributed by atoms with Crippen LogP contribution in [-0.4, -0.2) is 41.9 Å². The highest BCUT2D eigenvalue weighted by atomic mass is 16.5. The summed E-state index contributed by atoms with van der Waals surface area (Å²) >= 11 is 0. The lowest BCUT2D eigenvalue weighted by Gasteiger charge is -2.54. The van der Waals surface area contributed by atoms with E-state index in [4.69, 9.17) is 4.74 Å². The normalized spacial score (nSPS) is 28.3. The lowest BCUT2D eigenvalue weighted by Crippen LogP contribution is -2.59. The first kappa shape index (κ1) is 14.5. The Bertz CT molecular complexity index is 500. The Morgan fingerprint density at radius 2 is 2.10 bits per heavy atom. The van der Waals surface area contributed by atoms with Gasteiger partial charge in [-0.3, -0.25) is 4.79 Å². The van der Waals surface area contributed by atoms with E-state index in [2.05, 4.69) is 23.7 Å². The molecular weight excluding hydrogens is 264 g/mol. The highest BCUT2D eigenvalue weighted by Crippen LogP contribution is 2.46. The summed E-state index contributed by atoms with van der Waals surface area (Å²) in [6.45, 7) is 6.66. The number of ether oxygens (including phenoxy) is 1. The number of aromatic nitrogens is 1. The minimum Gasteiger partial charge on any atom is -0.481 e. The Kier molecular flexibility index (Phi) is 3.98. The number of hydrogen-bond donors (Lipinski definition) is 0. The second-order valence-electron chi connectivity index (χ2n) is 6.68. The first-order chi connectivity index (χ1) is 10.1. The lowest BCUT2D eigenvalue weighted by atomic mass is 9.59. The summed E-state index contributed by atoms with van der Waals surface area (Å²) in [5, 5.41) is 0. The standard InChI is InChI=1S/C17H24N2O2/c1-11(2)19-9-13-7-14(10-19)17(13)15(20)6-12-4-5-16(21-3)18-8-12/h4-5,8,11,13-14,17H,6-7,9-10H2,1-3H3. The summed E-state index contributed by atoms with van der Waals surface area (Å²) < 4.78 is 5.05. The van der Waals surface area contributed by atoms with Crippen LogP contribution < -0.4 is 4.74 Å². The summed E-state index contributed by atoms with van der Waals surface area (Å²) in [6, 6.07) is 4.36. The smallest absolute Gasteiger partial charge is 0.212 e. The number of methoxy groups -OCH3 is 1. The van der Waals surface area contributed by atoms with E-state index in [-0.39, 0.29) is 5.92 Å². The minimum absolute atomic E-state index is 0.280. The van der Waals surface area contributed by atoms with Gasteiger partial charge < -0.3 is 9.64 Å². The summed E-state index contributed by atoms with van der Waals surface area (Å²) in [6.07, 6.45) is 3.50. The summed E-state index contributed by atoms with van der Waals surface area (Å²) in [7, 11) is 1.60. The van der Waals surface area contributed by atoms with Crippen molar-refractivity contribution in [2.45, 2.75) is 32.7 Å². The Hall–Kier alpha value is -1.42. The Balaban J connectivity index is 1.59. The predicted octanol–water partition coefficient (Wildman–Crippen LogP) is 2.18. The highest BCUT2D eigenvalue weighted by Gasteiger charge is 2.49. The molecule has 2 fully saturated rings. The quantitative estimate of drug-likeness (QED) is 0.833. The zero-order chi connectivity index (χ0) is 15.0. The van der Waals surface area contributed by atoms with E-state index in [0.717, 1.165) is 18.7 Å². The van der Waals surface area contributed by atoms with Crippen molar-refractivity contribution in [3.05, 3.63) is 23.9 Å². The molecule has 1 aliphatic carbocycles. The van der Waals surface area contributed by atoms with Crippen LogP contribution in [-0.2, 0) is 11.2 Å². The van der Waals surface area contributed by atoms with Gasteiger partial charge in [-0.2, -0.15) is 0 Å². The van der Waals surface area contributed by atoms with Crippen molar-refractivity contribution >= 4 is 5.78 Å². The van der Waals surface area contributed by atoms with Crippen molar-refractivity contribution in [3.63, 3.8) is 0 Å². The summed E-state index contributed by atoms with van der Waals surface area (Å²) in [5.41, 5.74) is 0.992. The van der Waals surface area contributed by atoms with Crippen LogP contribution in [0.15, 0.2) is 18.3 Å². The van der Waals surface area contributed by atoms with Gasteiger partial charge in [-0.15, -0.1) is 0 Å². The zero-order valence-electron chi connectivity index (χ0n) is 13.1. The topological polar surface area (TPSA) is 42.4 Å². The molecule has 2 heterocycles. The van der Waals surface area contributed by atoms with E-state index in [0.29, 0.717) is 36.0 Å². The molecule has 1 saturated heterocycles. The van der Waals surface area contributed by atoms with Gasteiger partial charge in [0, 0.05) is 43.7 Å². The molecule has 1 aromatic rings. The maximum atomic E-state index is 12.6. The fourth-order valence-electron chi connectivity index (χ4n) is 3.83. The van der Waals surface area contributed by atoms with Crippen LogP contribution in [0.3, 0.4) is 0 Å². The molecule has 2 bridgehead atoms. The van der Waals surface area contributed by atoms with Crippen molar-refractivity contribution in [2.24, 2.45) is 17.8 Å². The molecule has 0 spiro atoms. The number of ketones is 1. The van der Waals surface area contributed by atoms with Gasteiger partial charge in [0.05, 0.1) is 7.11 Å². The second kappa shape index (κ2) is 5.76. The molecule has 2 atom stereocenters. The van der Waals surface area contributed by atoms with E-state index in [9.17, 15) is 4.79 Å². The van der Waals surface area contributed by atoms with Crippen LogP contribution >= 0.6 is 0 Å². The monoisotopic (exact) mass is 288 g/mol. The molecule has 4 nitrogen and oxygen atoms in total. The Labute approximate surface area is 126 Å². The third-order valence-electron chi connectivity index (χ3n) is 5.05. The average molecular weight is 288 g/mol. The van der Waals surface area contributed by atoms with Crippen LogP contribution in [0, 0.1) is 17.8 Å². The number of likely N-dealkylation sites (tertiary alicyclic amines) is 1. The van der Waals surface area contributed by atoms with Gasteiger partial charge in [-0.1, -0.05) is 6.07 Å². The molecule has 1 aromatic heterocycles. The summed E-state index contributed by atoms with van der Waals surface area (Å²) in [4.78, 5) is 19.3. The number of carbonyl (C=O) groups is 1. The Morgan fingerprint density at radius 3 is 2.62 bits per heavy atom. The maximum Gasteiger partial charge on any atom is 0.212 e. The van der Waals surface area contributed by atoms with Gasteiger partial charge in [0.25, 0.3) is 0 Å². The van der Waals surface area contributed by atoms with Crippen LogP contribution in [0.5, 0.6) is 5.88 Å². The fourth-order valence-corrected chi connectivity index (χ4v) is 3.83. The van der Waals surface area contributed by atoms with Crippen LogP contribution in [0.2, 0.25) is 0 Å². The molecule has 0 amide bonds. The average Bonchev–Trinajstić information content (AvgIpc) is 2.48. The number of pyridine rings is 1. The number of rotatable bonds is 5. The van der Waals surface area contributed by atoms with Gasteiger partial charge in [0.2, 0.25) is 5.88 Å². The number of hydrogen-bond acceptors (Lipinski definition) is 4. The maximum absolute atomic E-state index is 12.6. The number of nitrogens with zero attached hydrogens (tertiary/aromatic N) is 2. The molecule has 1 aliphatic heterocycles. The molecule has 4 heteroatoms. The molecule has 21 heavy (non-hydrogen) atoms. The molecule has 2 aliphatic rings. The molecule has 0 N–H and O–H groups in total. The van der Waals surface area contributed by atoms with Gasteiger partial charge in [0.15, 0.2) is 0 Å². The van der Waals surface area contributed by atoms with Crippen molar-refractivity contribution in [2.75, 3.05) is 20.2 Å². The molecule has 2 unspecified atom stereocenters. The number of carbonyl (C=O) groups excluding carboxylic acids is 1. The number of fused-ring (bicyclic) bond motifs is 2. The first-order valence-electron chi connectivity index (χ1n) is 7.84. The van der Waals surface area contributed by atoms with E-state index in [1.807, 2.05) is 12.1 Å². The van der Waals surface area contributed by atoms with Gasteiger partial charge in [-0.05, 0) is 37.7 Å². The molecule has 114 valence electrons. The predicted molar refractivity (Wildman–Crippen MR) is 81.3 cm³/mol. The lowest BCUT2D eigenvalue weighted by molar-refractivity contribution is -0.139. The van der Waals surface area contributed by atoms with Gasteiger partial charge in [0.1, 0.15) is 5.78 Å². The van der Waals surface area contributed by atoms with Gasteiger partial charge in [-0.25, -0.2) is 4.98 Å².